The van der Waals surface area contributed by atoms with E-state index in [0.29, 0.717) is 6.42 Å². The molecule has 1 rings (SSSR count). The fraction of sp³-hybridized carbons (Fsp3) is 0.462. The molecule has 94 valence electrons. The van der Waals surface area contributed by atoms with Crippen molar-refractivity contribution in [2.45, 2.75) is 12.8 Å². The van der Waals surface area contributed by atoms with Gasteiger partial charge in [0.05, 0.1) is 7.11 Å². The Morgan fingerprint density at radius 1 is 1.35 bits per heavy atom. The fourth-order valence-electron chi connectivity index (χ4n) is 1.53. The minimum absolute atomic E-state index is 0.130. The number of benzene rings is 1. The van der Waals surface area contributed by atoms with Crippen molar-refractivity contribution in [2.24, 2.45) is 0 Å². The molecule has 4 heteroatoms. The van der Waals surface area contributed by atoms with Crippen LogP contribution in [0.1, 0.15) is 12.8 Å². The average molecular weight is 236 g/mol. The SMILES string of the molecule is CNCCCC(=O)N(C)c1ccc(OC)cc1. The van der Waals surface area contributed by atoms with E-state index in [4.69, 9.17) is 4.74 Å². The molecule has 0 aliphatic rings. The molecule has 0 radical (unpaired) electrons. The summed E-state index contributed by atoms with van der Waals surface area (Å²) in [6, 6.07) is 7.48. The van der Waals surface area contributed by atoms with Gasteiger partial charge in [-0.3, -0.25) is 4.79 Å². The standard InChI is InChI=1S/C13H20N2O2/c1-14-10-4-5-13(16)15(2)11-6-8-12(17-3)9-7-11/h6-9,14H,4-5,10H2,1-3H3. The summed E-state index contributed by atoms with van der Waals surface area (Å²) in [5.74, 6) is 0.926. The van der Waals surface area contributed by atoms with Crippen molar-refractivity contribution in [2.75, 3.05) is 32.6 Å². The second-order valence-electron chi connectivity index (χ2n) is 3.86. The maximum atomic E-state index is 11.8. The van der Waals surface area contributed by atoms with Gasteiger partial charge in [-0.1, -0.05) is 0 Å². The lowest BCUT2D eigenvalue weighted by molar-refractivity contribution is -0.118. The van der Waals surface area contributed by atoms with Gasteiger partial charge in [-0.05, 0) is 44.3 Å². The molecule has 1 N–H and O–H groups in total. The minimum Gasteiger partial charge on any atom is -0.497 e. The van der Waals surface area contributed by atoms with Crippen molar-refractivity contribution in [3.05, 3.63) is 24.3 Å². The van der Waals surface area contributed by atoms with Crippen molar-refractivity contribution in [1.29, 1.82) is 0 Å². The second kappa shape index (κ2) is 6.91. The third-order valence-corrected chi connectivity index (χ3v) is 2.65. The van der Waals surface area contributed by atoms with Crippen LogP contribution in [0, 0.1) is 0 Å². The van der Waals surface area contributed by atoms with Gasteiger partial charge in [-0.15, -0.1) is 0 Å². The Balaban J connectivity index is 2.55. The van der Waals surface area contributed by atoms with E-state index in [1.807, 2.05) is 31.3 Å². The first-order chi connectivity index (χ1) is 8.19. The van der Waals surface area contributed by atoms with Gasteiger partial charge < -0.3 is 15.0 Å². The van der Waals surface area contributed by atoms with E-state index in [-0.39, 0.29) is 5.91 Å². The third-order valence-electron chi connectivity index (χ3n) is 2.65. The summed E-state index contributed by atoms with van der Waals surface area (Å²) in [5.41, 5.74) is 0.889. The van der Waals surface area contributed by atoms with Gasteiger partial charge >= 0.3 is 0 Å². The third kappa shape index (κ3) is 4.07. The summed E-state index contributed by atoms with van der Waals surface area (Å²) < 4.78 is 5.08. The predicted octanol–water partition coefficient (Wildman–Crippen LogP) is 1.66. The lowest BCUT2D eigenvalue weighted by Crippen LogP contribution is -2.26. The van der Waals surface area contributed by atoms with E-state index in [0.717, 1.165) is 24.4 Å². The minimum atomic E-state index is 0.130. The first-order valence-electron chi connectivity index (χ1n) is 5.74. The molecule has 0 spiro atoms. The highest BCUT2D eigenvalue weighted by Gasteiger charge is 2.09. The monoisotopic (exact) mass is 236 g/mol. The Hall–Kier alpha value is -1.55. The van der Waals surface area contributed by atoms with Gasteiger partial charge in [-0.25, -0.2) is 0 Å². The van der Waals surface area contributed by atoms with Gasteiger partial charge in [0.2, 0.25) is 5.91 Å². The Labute approximate surface area is 103 Å². The van der Waals surface area contributed by atoms with Crippen LogP contribution < -0.4 is 15.0 Å². The molecule has 1 aromatic carbocycles. The molecule has 0 aliphatic heterocycles. The number of carbonyl (C=O) groups excluding carboxylic acids is 1. The summed E-state index contributed by atoms with van der Waals surface area (Å²) in [5, 5.41) is 3.03. The maximum Gasteiger partial charge on any atom is 0.226 e. The van der Waals surface area contributed by atoms with Crippen molar-refractivity contribution >= 4 is 11.6 Å². The number of ether oxygens (including phenoxy) is 1. The topological polar surface area (TPSA) is 41.6 Å². The molecule has 0 aromatic heterocycles. The Morgan fingerprint density at radius 2 is 2.00 bits per heavy atom. The number of hydrogen-bond acceptors (Lipinski definition) is 3. The van der Waals surface area contributed by atoms with E-state index in [1.165, 1.54) is 0 Å². The van der Waals surface area contributed by atoms with E-state index >= 15 is 0 Å². The van der Waals surface area contributed by atoms with Gasteiger partial charge in [-0.2, -0.15) is 0 Å². The molecular weight excluding hydrogens is 216 g/mol. The molecule has 0 bridgehead atoms. The van der Waals surface area contributed by atoms with Crippen LogP contribution in [0.25, 0.3) is 0 Å². The largest absolute Gasteiger partial charge is 0.497 e. The highest BCUT2D eigenvalue weighted by molar-refractivity contribution is 5.92. The zero-order valence-corrected chi connectivity index (χ0v) is 10.7. The molecule has 0 saturated carbocycles. The van der Waals surface area contributed by atoms with Crippen LogP contribution in [0.15, 0.2) is 24.3 Å². The summed E-state index contributed by atoms with van der Waals surface area (Å²) in [6.45, 7) is 0.863. The lowest BCUT2D eigenvalue weighted by atomic mass is 10.2. The number of nitrogens with one attached hydrogen (secondary N) is 1. The molecule has 0 heterocycles. The van der Waals surface area contributed by atoms with E-state index in [9.17, 15) is 4.79 Å². The first-order valence-corrected chi connectivity index (χ1v) is 5.74. The Kier molecular flexibility index (Phi) is 5.49. The van der Waals surface area contributed by atoms with Crippen LogP contribution in [0.2, 0.25) is 0 Å². The Bertz CT molecular complexity index is 349. The summed E-state index contributed by atoms with van der Waals surface area (Å²) in [7, 11) is 5.31. The van der Waals surface area contributed by atoms with Crippen LogP contribution >= 0.6 is 0 Å². The van der Waals surface area contributed by atoms with Gasteiger partial charge in [0, 0.05) is 19.2 Å². The van der Waals surface area contributed by atoms with Crippen LogP contribution in [0.5, 0.6) is 5.75 Å². The number of methoxy groups -OCH3 is 1. The van der Waals surface area contributed by atoms with E-state index in [2.05, 4.69) is 5.32 Å². The van der Waals surface area contributed by atoms with E-state index in [1.54, 1.807) is 19.1 Å². The smallest absolute Gasteiger partial charge is 0.226 e. The molecule has 0 saturated heterocycles. The van der Waals surface area contributed by atoms with Crippen LogP contribution in [0.3, 0.4) is 0 Å². The number of amides is 1. The Morgan fingerprint density at radius 3 is 2.53 bits per heavy atom. The zero-order valence-electron chi connectivity index (χ0n) is 10.7. The number of nitrogens with zero attached hydrogens (tertiary/aromatic N) is 1. The molecular formula is C13H20N2O2. The van der Waals surface area contributed by atoms with Crippen LogP contribution in [0.4, 0.5) is 5.69 Å². The predicted molar refractivity (Wildman–Crippen MR) is 69.6 cm³/mol. The van der Waals surface area contributed by atoms with Crippen molar-refractivity contribution in [1.82, 2.24) is 5.32 Å². The molecule has 0 aliphatic carbocycles. The highest BCUT2D eigenvalue weighted by atomic mass is 16.5. The van der Waals surface area contributed by atoms with Gasteiger partial charge in [0.25, 0.3) is 0 Å². The molecule has 0 unspecified atom stereocenters. The second-order valence-corrected chi connectivity index (χ2v) is 3.86. The highest BCUT2D eigenvalue weighted by Crippen LogP contribution is 2.18. The molecule has 1 aromatic rings. The molecule has 1 amide bonds. The van der Waals surface area contributed by atoms with Crippen LogP contribution in [-0.2, 0) is 4.79 Å². The normalized spacial score (nSPS) is 10.1. The number of carbonyl (C=O) groups is 1. The fourth-order valence-corrected chi connectivity index (χ4v) is 1.53. The summed E-state index contributed by atoms with van der Waals surface area (Å²) >= 11 is 0. The van der Waals surface area contributed by atoms with E-state index < -0.39 is 0 Å². The zero-order chi connectivity index (χ0) is 12.7. The summed E-state index contributed by atoms with van der Waals surface area (Å²) in [6.07, 6.45) is 1.42. The van der Waals surface area contributed by atoms with Gasteiger partial charge in [0.15, 0.2) is 0 Å². The van der Waals surface area contributed by atoms with Gasteiger partial charge in [0.1, 0.15) is 5.75 Å². The molecule has 17 heavy (non-hydrogen) atoms. The number of anilines is 1. The number of hydrogen-bond donors (Lipinski definition) is 1. The quantitative estimate of drug-likeness (QED) is 0.764. The molecule has 4 nitrogen and oxygen atoms in total. The first kappa shape index (κ1) is 13.5. The number of rotatable bonds is 6. The lowest BCUT2D eigenvalue weighted by Gasteiger charge is -2.17. The van der Waals surface area contributed by atoms with Crippen LogP contribution in [-0.4, -0.2) is 33.7 Å². The maximum absolute atomic E-state index is 11.8. The van der Waals surface area contributed by atoms with Crippen molar-refractivity contribution < 1.29 is 9.53 Å². The average Bonchev–Trinajstić information content (AvgIpc) is 2.38. The molecule has 0 atom stereocenters. The van der Waals surface area contributed by atoms with Crippen molar-refractivity contribution in [3.63, 3.8) is 0 Å². The summed E-state index contributed by atoms with van der Waals surface area (Å²) in [4.78, 5) is 13.5. The molecule has 0 fully saturated rings. The van der Waals surface area contributed by atoms with Crippen molar-refractivity contribution in [3.8, 4) is 5.75 Å².